The monoisotopic (exact) mass is 343 g/mol. The van der Waals surface area contributed by atoms with Gasteiger partial charge in [-0.25, -0.2) is 0 Å². The SMILES string of the molecule is COCC1(CNC(=O)c2cc(C(C)=O)cn2C)CCNCC1.Cl. The Balaban J connectivity index is 0.00000264. The number of Topliss-reactive ketones (excluding diaryl/α,β-unsaturated/α-hetero) is 1. The fraction of sp³-hybridized carbons (Fsp3) is 0.625. The Morgan fingerprint density at radius 2 is 2.04 bits per heavy atom. The number of carbonyl (C=O) groups excluding carboxylic acids is 2. The first-order chi connectivity index (χ1) is 10.5. The summed E-state index contributed by atoms with van der Waals surface area (Å²) < 4.78 is 7.04. The van der Waals surface area contributed by atoms with Crippen LogP contribution in [0.25, 0.3) is 0 Å². The van der Waals surface area contributed by atoms with Crippen molar-refractivity contribution < 1.29 is 14.3 Å². The van der Waals surface area contributed by atoms with E-state index in [-0.39, 0.29) is 29.5 Å². The number of aryl methyl sites for hydroxylation is 1. The number of carbonyl (C=O) groups is 2. The number of ether oxygens (including phenoxy) is 1. The van der Waals surface area contributed by atoms with Crippen LogP contribution in [0, 0.1) is 5.41 Å². The molecule has 0 aliphatic carbocycles. The zero-order valence-corrected chi connectivity index (χ0v) is 14.8. The normalized spacial score (nSPS) is 16.5. The third-order valence-corrected chi connectivity index (χ3v) is 4.38. The fourth-order valence-electron chi connectivity index (χ4n) is 2.98. The molecule has 1 aromatic heterocycles. The number of rotatable bonds is 6. The van der Waals surface area contributed by atoms with Crippen molar-refractivity contribution in [2.75, 3.05) is 33.4 Å². The minimum atomic E-state index is -0.149. The predicted molar refractivity (Wildman–Crippen MR) is 91.4 cm³/mol. The Morgan fingerprint density at radius 1 is 1.39 bits per heavy atom. The lowest BCUT2D eigenvalue weighted by Gasteiger charge is -2.37. The van der Waals surface area contributed by atoms with Crippen molar-refractivity contribution in [3.05, 3.63) is 23.5 Å². The number of aromatic nitrogens is 1. The summed E-state index contributed by atoms with van der Waals surface area (Å²) in [6, 6.07) is 1.64. The zero-order chi connectivity index (χ0) is 16.2. The molecule has 0 spiro atoms. The lowest BCUT2D eigenvalue weighted by molar-refractivity contribution is 0.0510. The molecule has 0 atom stereocenters. The van der Waals surface area contributed by atoms with E-state index in [0.717, 1.165) is 25.9 Å². The van der Waals surface area contributed by atoms with Gasteiger partial charge in [0.2, 0.25) is 0 Å². The van der Waals surface area contributed by atoms with Gasteiger partial charge in [0.1, 0.15) is 5.69 Å². The number of piperidine rings is 1. The molecule has 0 unspecified atom stereocenters. The largest absolute Gasteiger partial charge is 0.384 e. The van der Waals surface area contributed by atoms with Crippen LogP contribution in [0.2, 0.25) is 0 Å². The third kappa shape index (κ3) is 4.80. The first kappa shape index (κ1) is 19.7. The molecule has 2 N–H and O–H groups in total. The predicted octanol–water partition coefficient (Wildman–Crippen LogP) is 1.40. The van der Waals surface area contributed by atoms with E-state index in [1.807, 2.05) is 0 Å². The van der Waals surface area contributed by atoms with Gasteiger partial charge in [0.05, 0.1) is 6.61 Å². The van der Waals surface area contributed by atoms with E-state index in [1.165, 1.54) is 6.92 Å². The van der Waals surface area contributed by atoms with Crippen LogP contribution in [-0.2, 0) is 11.8 Å². The van der Waals surface area contributed by atoms with Crippen molar-refractivity contribution in [2.45, 2.75) is 19.8 Å². The summed E-state index contributed by atoms with van der Waals surface area (Å²) in [6.07, 6.45) is 3.65. The molecule has 0 radical (unpaired) electrons. The Hall–Kier alpha value is -1.37. The van der Waals surface area contributed by atoms with Crippen molar-refractivity contribution in [3.8, 4) is 0 Å². The number of methoxy groups -OCH3 is 1. The molecule has 23 heavy (non-hydrogen) atoms. The van der Waals surface area contributed by atoms with Crippen LogP contribution in [0.4, 0.5) is 0 Å². The van der Waals surface area contributed by atoms with Gasteiger partial charge in [-0.2, -0.15) is 0 Å². The standard InChI is InChI=1S/C16H25N3O3.ClH/c1-12(20)13-8-14(19(2)9-13)15(21)18-10-16(11-22-3)4-6-17-7-5-16;/h8-9,17H,4-7,10-11H2,1-3H3,(H,18,21);1H. The van der Waals surface area contributed by atoms with Crippen molar-refractivity contribution in [1.82, 2.24) is 15.2 Å². The molecule has 1 aromatic rings. The van der Waals surface area contributed by atoms with E-state index in [1.54, 1.807) is 31.0 Å². The molecule has 0 bridgehead atoms. The molecular formula is C16H26ClN3O3. The van der Waals surface area contributed by atoms with Crippen LogP contribution in [-0.4, -0.2) is 49.6 Å². The summed E-state index contributed by atoms with van der Waals surface area (Å²) in [4.78, 5) is 23.8. The minimum Gasteiger partial charge on any atom is -0.384 e. The summed E-state index contributed by atoms with van der Waals surface area (Å²) in [5.74, 6) is -0.187. The van der Waals surface area contributed by atoms with Gasteiger partial charge < -0.3 is 19.9 Å². The number of hydrogen-bond acceptors (Lipinski definition) is 4. The highest BCUT2D eigenvalue weighted by Crippen LogP contribution is 2.28. The minimum absolute atomic E-state index is 0. The second-order valence-corrected chi connectivity index (χ2v) is 6.15. The number of halogens is 1. The van der Waals surface area contributed by atoms with Gasteiger partial charge in [-0.15, -0.1) is 12.4 Å². The van der Waals surface area contributed by atoms with Crippen molar-refractivity contribution in [2.24, 2.45) is 12.5 Å². The summed E-state index contributed by atoms with van der Waals surface area (Å²) in [7, 11) is 3.47. The molecule has 1 aliphatic rings. The molecule has 2 rings (SSSR count). The van der Waals surface area contributed by atoms with E-state index >= 15 is 0 Å². The molecule has 6 nitrogen and oxygen atoms in total. The summed E-state index contributed by atoms with van der Waals surface area (Å²) in [6.45, 7) is 4.61. The fourth-order valence-corrected chi connectivity index (χ4v) is 2.98. The lowest BCUT2D eigenvalue weighted by atomic mass is 9.79. The van der Waals surface area contributed by atoms with E-state index < -0.39 is 0 Å². The molecule has 130 valence electrons. The first-order valence-corrected chi connectivity index (χ1v) is 7.63. The molecule has 2 heterocycles. The molecule has 1 saturated heterocycles. The first-order valence-electron chi connectivity index (χ1n) is 7.63. The molecule has 1 amide bonds. The molecule has 0 saturated carbocycles. The number of nitrogens with zero attached hydrogens (tertiary/aromatic N) is 1. The van der Waals surface area contributed by atoms with Crippen molar-refractivity contribution in [1.29, 1.82) is 0 Å². The average Bonchev–Trinajstić information content (AvgIpc) is 2.89. The topological polar surface area (TPSA) is 72.4 Å². The summed E-state index contributed by atoms with van der Waals surface area (Å²) >= 11 is 0. The van der Waals surface area contributed by atoms with Crippen LogP contribution in [0.3, 0.4) is 0 Å². The molecule has 0 aromatic carbocycles. The van der Waals surface area contributed by atoms with Gasteiger partial charge in [0.25, 0.3) is 5.91 Å². The maximum absolute atomic E-state index is 12.4. The maximum atomic E-state index is 12.4. The second-order valence-electron chi connectivity index (χ2n) is 6.15. The number of amides is 1. The van der Waals surface area contributed by atoms with Crippen LogP contribution < -0.4 is 10.6 Å². The van der Waals surface area contributed by atoms with Crippen molar-refractivity contribution >= 4 is 24.1 Å². The Kier molecular flexibility index (Phi) is 7.25. The maximum Gasteiger partial charge on any atom is 0.267 e. The van der Waals surface area contributed by atoms with Gasteiger partial charge in [-0.1, -0.05) is 0 Å². The second kappa shape index (κ2) is 8.47. The number of nitrogens with one attached hydrogen (secondary N) is 2. The average molecular weight is 344 g/mol. The van der Waals surface area contributed by atoms with E-state index in [0.29, 0.717) is 24.4 Å². The van der Waals surface area contributed by atoms with Crippen LogP contribution in [0.15, 0.2) is 12.3 Å². The highest BCUT2D eigenvalue weighted by molar-refractivity contribution is 5.99. The molecule has 1 aliphatic heterocycles. The molecule has 7 heteroatoms. The molecular weight excluding hydrogens is 318 g/mol. The highest BCUT2D eigenvalue weighted by Gasteiger charge is 2.32. The number of hydrogen-bond donors (Lipinski definition) is 2. The van der Waals surface area contributed by atoms with Gasteiger partial charge >= 0.3 is 0 Å². The highest BCUT2D eigenvalue weighted by atomic mass is 35.5. The van der Waals surface area contributed by atoms with Crippen LogP contribution in [0.1, 0.15) is 40.6 Å². The molecule has 1 fully saturated rings. The smallest absolute Gasteiger partial charge is 0.267 e. The van der Waals surface area contributed by atoms with E-state index in [4.69, 9.17) is 4.74 Å². The van der Waals surface area contributed by atoms with Crippen molar-refractivity contribution in [3.63, 3.8) is 0 Å². The number of ketones is 1. The lowest BCUT2D eigenvalue weighted by Crippen LogP contribution is -2.47. The van der Waals surface area contributed by atoms with Gasteiger partial charge in [0, 0.05) is 37.9 Å². The zero-order valence-electron chi connectivity index (χ0n) is 14.0. The van der Waals surface area contributed by atoms with Crippen LogP contribution in [0.5, 0.6) is 0 Å². The third-order valence-electron chi connectivity index (χ3n) is 4.38. The van der Waals surface area contributed by atoms with E-state index in [2.05, 4.69) is 10.6 Å². The summed E-state index contributed by atoms with van der Waals surface area (Å²) in [5.41, 5.74) is 1.05. The van der Waals surface area contributed by atoms with Crippen LogP contribution >= 0.6 is 12.4 Å². The van der Waals surface area contributed by atoms with Gasteiger partial charge in [-0.05, 0) is 38.9 Å². The van der Waals surface area contributed by atoms with E-state index in [9.17, 15) is 9.59 Å². The Bertz CT molecular complexity index is 545. The van der Waals surface area contributed by atoms with Gasteiger partial charge in [0.15, 0.2) is 5.78 Å². The van der Waals surface area contributed by atoms with Gasteiger partial charge in [-0.3, -0.25) is 9.59 Å². The summed E-state index contributed by atoms with van der Waals surface area (Å²) in [5, 5.41) is 6.34. The Labute approximate surface area is 143 Å². The quantitative estimate of drug-likeness (QED) is 0.766. The Morgan fingerprint density at radius 3 is 2.57 bits per heavy atom.